The van der Waals surface area contributed by atoms with Crippen LogP contribution in [0.2, 0.25) is 0 Å². The van der Waals surface area contributed by atoms with Crippen LogP contribution in [0.25, 0.3) is 22.2 Å². The SMILES string of the molecule is C#N.Cn1c(=O)oc2ccc(-c3ccc(CCNSC(CN)CN)cc3)cc21. The number of nitrogens with zero attached hydrogens (tertiary/aromatic N) is 2. The Kier molecular flexibility index (Phi) is 8.29. The second-order valence-corrected chi connectivity index (χ2v) is 7.35. The first kappa shape index (κ1) is 21.7. The van der Waals surface area contributed by atoms with Crippen molar-refractivity contribution >= 4 is 23.0 Å². The first-order chi connectivity index (χ1) is 13.6. The van der Waals surface area contributed by atoms with Crippen LogP contribution in [0, 0.1) is 11.8 Å². The van der Waals surface area contributed by atoms with Gasteiger partial charge in [-0.15, -0.1) is 0 Å². The number of nitriles is 1. The molecule has 0 spiro atoms. The van der Waals surface area contributed by atoms with Crippen LogP contribution in [0.4, 0.5) is 0 Å². The van der Waals surface area contributed by atoms with Gasteiger partial charge in [0.05, 0.1) is 5.52 Å². The molecule has 0 radical (unpaired) electrons. The Labute approximate surface area is 168 Å². The van der Waals surface area contributed by atoms with Gasteiger partial charge in [0.1, 0.15) is 0 Å². The third kappa shape index (κ3) is 5.24. The van der Waals surface area contributed by atoms with Crippen molar-refractivity contribution in [1.29, 1.82) is 5.26 Å². The van der Waals surface area contributed by atoms with E-state index in [4.69, 9.17) is 21.1 Å². The lowest BCUT2D eigenvalue weighted by atomic mass is 10.0. The molecule has 3 rings (SSSR count). The van der Waals surface area contributed by atoms with Gasteiger partial charge in [-0.25, -0.2) is 10.1 Å². The van der Waals surface area contributed by atoms with E-state index in [1.54, 1.807) is 19.0 Å². The van der Waals surface area contributed by atoms with Crippen molar-refractivity contribution in [3.05, 3.63) is 58.6 Å². The summed E-state index contributed by atoms with van der Waals surface area (Å²) in [6, 6.07) is 14.2. The monoisotopic (exact) mass is 399 g/mol. The van der Waals surface area contributed by atoms with Crippen LogP contribution in [0.15, 0.2) is 51.7 Å². The largest absolute Gasteiger partial charge is 0.419 e. The minimum atomic E-state index is -0.343. The van der Waals surface area contributed by atoms with Gasteiger partial charge >= 0.3 is 5.76 Å². The molecule has 0 fully saturated rings. The zero-order chi connectivity index (χ0) is 20.5. The number of hydrogen-bond acceptors (Lipinski definition) is 7. The molecule has 148 valence electrons. The minimum absolute atomic E-state index is 0.256. The molecule has 7 nitrogen and oxygen atoms in total. The maximum absolute atomic E-state index is 11.6. The molecule has 0 bridgehead atoms. The zero-order valence-corrected chi connectivity index (χ0v) is 16.6. The van der Waals surface area contributed by atoms with Crippen LogP contribution < -0.4 is 21.9 Å². The number of hydrogen-bond donors (Lipinski definition) is 3. The first-order valence-corrected chi connectivity index (χ1v) is 9.73. The predicted octanol–water partition coefficient (Wildman–Crippen LogP) is 2.00. The van der Waals surface area contributed by atoms with Crippen molar-refractivity contribution in [2.24, 2.45) is 18.5 Å². The Bertz CT molecular complexity index is 958. The van der Waals surface area contributed by atoms with Crippen LogP contribution in [-0.4, -0.2) is 29.5 Å². The number of oxazole rings is 1. The second kappa shape index (κ2) is 10.7. The van der Waals surface area contributed by atoms with E-state index in [2.05, 4.69) is 35.6 Å². The molecular formula is C20H25N5O2S. The summed E-state index contributed by atoms with van der Waals surface area (Å²) in [5.74, 6) is -0.343. The van der Waals surface area contributed by atoms with Crippen molar-refractivity contribution in [3.8, 4) is 17.7 Å². The summed E-state index contributed by atoms with van der Waals surface area (Å²) in [6.45, 7) is 5.52. The Morgan fingerprint density at radius 3 is 2.43 bits per heavy atom. The molecule has 0 aliphatic heterocycles. The second-order valence-electron chi connectivity index (χ2n) is 6.16. The van der Waals surface area contributed by atoms with E-state index in [-0.39, 0.29) is 11.0 Å². The maximum Gasteiger partial charge on any atom is 0.419 e. The van der Waals surface area contributed by atoms with Crippen LogP contribution in [0.1, 0.15) is 5.56 Å². The molecule has 0 saturated heterocycles. The molecule has 0 aliphatic carbocycles. The smallest absolute Gasteiger partial charge is 0.408 e. The van der Waals surface area contributed by atoms with Gasteiger partial charge in [-0.1, -0.05) is 42.3 Å². The lowest BCUT2D eigenvalue weighted by molar-refractivity contribution is 0.528. The van der Waals surface area contributed by atoms with E-state index < -0.39 is 0 Å². The van der Waals surface area contributed by atoms with Gasteiger partial charge < -0.3 is 15.9 Å². The number of nitrogens with one attached hydrogen (secondary N) is 1. The molecule has 1 aromatic heterocycles. The summed E-state index contributed by atoms with van der Waals surface area (Å²) in [5.41, 5.74) is 16.1. The fourth-order valence-corrected chi connectivity index (χ4v) is 3.38. The van der Waals surface area contributed by atoms with Crippen LogP contribution >= 0.6 is 11.9 Å². The molecule has 3 aromatic rings. The van der Waals surface area contributed by atoms with E-state index in [0.717, 1.165) is 29.6 Å². The highest BCUT2D eigenvalue weighted by Crippen LogP contribution is 2.24. The summed E-state index contributed by atoms with van der Waals surface area (Å²) >= 11 is 1.61. The number of benzene rings is 2. The summed E-state index contributed by atoms with van der Waals surface area (Å²) in [4.78, 5) is 11.6. The highest BCUT2D eigenvalue weighted by molar-refractivity contribution is 7.98. The first-order valence-electron chi connectivity index (χ1n) is 8.85. The summed E-state index contributed by atoms with van der Waals surface area (Å²) < 4.78 is 10.0. The Morgan fingerprint density at radius 1 is 1.14 bits per heavy atom. The Morgan fingerprint density at radius 2 is 1.79 bits per heavy atom. The van der Waals surface area contributed by atoms with Gasteiger partial charge in [0.2, 0.25) is 0 Å². The summed E-state index contributed by atoms with van der Waals surface area (Å²) in [7, 11) is 1.71. The number of rotatable bonds is 8. The van der Waals surface area contributed by atoms with Gasteiger partial charge in [0.25, 0.3) is 0 Å². The normalized spacial score (nSPS) is 10.8. The van der Waals surface area contributed by atoms with E-state index in [1.807, 2.05) is 18.2 Å². The quantitative estimate of drug-likeness (QED) is 0.391. The number of aryl methyl sites for hydroxylation is 1. The minimum Gasteiger partial charge on any atom is -0.408 e. The van der Waals surface area contributed by atoms with Crippen LogP contribution in [0.3, 0.4) is 0 Å². The molecule has 28 heavy (non-hydrogen) atoms. The van der Waals surface area contributed by atoms with Crippen molar-refractivity contribution in [2.45, 2.75) is 11.7 Å². The van der Waals surface area contributed by atoms with E-state index in [1.165, 1.54) is 10.1 Å². The van der Waals surface area contributed by atoms with Crippen molar-refractivity contribution in [1.82, 2.24) is 9.29 Å². The zero-order valence-electron chi connectivity index (χ0n) is 15.8. The van der Waals surface area contributed by atoms with Crippen LogP contribution in [-0.2, 0) is 13.5 Å². The molecular weight excluding hydrogens is 374 g/mol. The Hall–Kier alpha value is -2.57. The van der Waals surface area contributed by atoms with E-state index in [0.29, 0.717) is 18.7 Å². The molecule has 1 heterocycles. The number of nitrogens with two attached hydrogens (primary N) is 2. The summed E-state index contributed by atoms with van der Waals surface area (Å²) in [6.07, 6.45) is 0.935. The van der Waals surface area contributed by atoms with Gasteiger partial charge in [-0.05, 0) is 35.2 Å². The third-order valence-corrected chi connectivity index (χ3v) is 5.46. The highest BCUT2D eigenvalue weighted by Gasteiger charge is 2.08. The maximum atomic E-state index is 11.6. The van der Waals surface area contributed by atoms with Gasteiger partial charge in [0.15, 0.2) is 5.58 Å². The fraction of sp³-hybridized carbons (Fsp3) is 0.300. The molecule has 0 unspecified atom stereocenters. The molecule has 0 aliphatic rings. The molecule has 0 amide bonds. The molecule has 0 saturated carbocycles. The van der Waals surface area contributed by atoms with Crippen molar-refractivity contribution in [3.63, 3.8) is 0 Å². The molecule has 8 heteroatoms. The van der Waals surface area contributed by atoms with E-state index in [9.17, 15) is 4.79 Å². The highest BCUT2D eigenvalue weighted by atomic mass is 32.2. The third-order valence-electron chi connectivity index (χ3n) is 4.37. The Balaban J connectivity index is 0.00000136. The molecule has 2 aromatic carbocycles. The standard InChI is InChI=1S/C19H24N4O2S.CHN/c1-23-17-10-15(6-7-18(17)25-19(23)24)14-4-2-13(3-5-14)8-9-22-26-16(11-20)12-21;1-2/h2-7,10,16,22H,8-9,11-12,20-21H2,1H3;1H. The van der Waals surface area contributed by atoms with Crippen molar-refractivity contribution < 1.29 is 4.42 Å². The molecule has 0 atom stereocenters. The number of fused-ring (bicyclic) bond motifs is 1. The number of aromatic nitrogens is 1. The van der Waals surface area contributed by atoms with Crippen LogP contribution in [0.5, 0.6) is 0 Å². The van der Waals surface area contributed by atoms with Gasteiger partial charge in [-0.3, -0.25) is 9.29 Å². The predicted molar refractivity (Wildman–Crippen MR) is 115 cm³/mol. The topological polar surface area (TPSA) is 123 Å². The fourth-order valence-electron chi connectivity index (χ4n) is 2.73. The lowest BCUT2D eigenvalue weighted by Crippen LogP contribution is -2.29. The molecule has 5 N–H and O–H groups in total. The van der Waals surface area contributed by atoms with Gasteiger partial charge in [-0.2, -0.15) is 0 Å². The van der Waals surface area contributed by atoms with Gasteiger partial charge in [0, 0.05) is 38.5 Å². The average molecular weight is 400 g/mol. The summed E-state index contributed by atoms with van der Waals surface area (Å²) in [5, 5.41) is 6.76. The van der Waals surface area contributed by atoms with E-state index >= 15 is 0 Å². The lowest BCUT2D eigenvalue weighted by Gasteiger charge is -2.12. The average Bonchev–Trinajstić information content (AvgIpc) is 3.03. The van der Waals surface area contributed by atoms with Crippen molar-refractivity contribution in [2.75, 3.05) is 19.6 Å².